The summed E-state index contributed by atoms with van der Waals surface area (Å²) in [5.74, 6) is 0.882. The number of likely N-dealkylation sites (N-methyl/N-ethyl adjacent to an activating group) is 1. The molecule has 0 aliphatic rings. The van der Waals surface area contributed by atoms with Crippen LogP contribution in [0.5, 0.6) is 5.75 Å². The minimum absolute atomic E-state index is 0.279. The fourth-order valence-electron chi connectivity index (χ4n) is 1.80. The average Bonchev–Trinajstić information content (AvgIpc) is 2.91. The number of benzene rings is 1. The average molecular weight is 327 g/mol. The van der Waals surface area contributed by atoms with Crippen LogP contribution in [-0.4, -0.2) is 19.1 Å². The molecule has 2 rings (SSSR count). The van der Waals surface area contributed by atoms with Gasteiger partial charge in [-0.3, -0.25) is 4.98 Å². The van der Waals surface area contributed by atoms with Crippen molar-refractivity contribution in [2.24, 2.45) is 0 Å². The summed E-state index contributed by atoms with van der Waals surface area (Å²) in [5.41, 5.74) is 3.09. The predicted molar refractivity (Wildman–Crippen MR) is 78.3 cm³/mol. The van der Waals surface area contributed by atoms with Crippen molar-refractivity contribution in [3.63, 3.8) is 0 Å². The molecule has 1 aromatic carbocycles. The highest BCUT2D eigenvalue weighted by Gasteiger charge is 2.14. The molecule has 2 aromatic rings. The largest absolute Gasteiger partial charge is 0.497 e. The van der Waals surface area contributed by atoms with Gasteiger partial charge in [-0.25, -0.2) is 0 Å². The van der Waals surface area contributed by atoms with Gasteiger partial charge in [0.05, 0.1) is 12.6 Å². The smallest absolute Gasteiger partial charge is 0.119 e. The van der Waals surface area contributed by atoms with E-state index in [0.29, 0.717) is 0 Å². The topological polar surface area (TPSA) is 34.1 Å². The van der Waals surface area contributed by atoms with Crippen LogP contribution in [0.15, 0.2) is 34.4 Å². The molecule has 18 heavy (non-hydrogen) atoms. The summed E-state index contributed by atoms with van der Waals surface area (Å²) in [5, 5.41) is 3.33. The van der Waals surface area contributed by atoms with Crippen molar-refractivity contribution in [1.29, 1.82) is 0 Å². The highest BCUT2D eigenvalue weighted by molar-refractivity contribution is 9.10. The molecule has 0 fully saturated rings. The standard InChI is InChI=1S/C13H15BrN2OS/c1-15-12(13-7-16-8-18-13)6-9-5-10(17-2)3-4-11(9)14/h3-5,7-8,12,15H,6H2,1-2H3. The normalized spacial score (nSPS) is 12.4. The summed E-state index contributed by atoms with van der Waals surface area (Å²) in [6.45, 7) is 0. The second-order valence-corrected chi connectivity index (χ2v) is 5.68. The molecule has 0 bridgehead atoms. The number of nitrogens with zero attached hydrogens (tertiary/aromatic N) is 1. The molecule has 1 heterocycles. The van der Waals surface area contributed by atoms with E-state index in [9.17, 15) is 0 Å². The van der Waals surface area contributed by atoms with Gasteiger partial charge in [-0.2, -0.15) is 0 Å². The van der Waals surface area contributed by atoms with Crippen LogP contribution in [0, 0.1) is 0 Å². The zero-order chi connectivity index (χ0) is 13.0. The van der Waals surface area contributed by atoms with Crippen LogP contribution in [0.3, 0.4) is 0 Å². The molecule has 0 saturated carbocycles. The number of hydrogen-bond donors (Lipinski definition) is 1. The lowest BCUT2D eigenvalue weighted by Crippen LogP contribution is -2.18. The third kappa shape index (κ3) is 3.10. The monoisotopic (exact) mass is 326 g/mol. The van der Waals surface area contributed by atoms with Crippen LogP contribution in [0.2, 0.25) is 0 Å². The Morgan fingerprint density at radius 3 is 2.94 bits per heavy atom. The minimum atomic E-state index is 0.279. The Morgan fingerprint density at radius 2 is 2.33 bits per heavy atom. The van der Waals surface area contributed by atoms with E-state index in [-0.39, 0.29) is 6.04 Å². The molecule has 1 aromatic heterocycles. The van der Waals surface area contributed by atoms with Crippen molar-refractivity contribution >= 4 is 27.3 Å². The molecule has 96 valence electrons. The maximum Gasteiger partial charge on any atom is 0.119 e. The lowest BCUT2D eigenvalue weighted by atomic mass is 10.0. The molecule has 5 heteroatoms. The van der Waals surface area contributed by atoms with Crippen LogP contribution in [0.25, 0.3) is 0 Å². The van der Waals surface area contributed by atoms with E-state index in [1.54, 1.807) is 18.4 Å². The Kier molecular flexibility index (Phi) is 4.74. The summed E-state index contributed by atoms with van der Waals surface area (Å²) in [7, 11) is 3.66. The minimum Gasteiger partial charge on any atom is -0.497 e. The van der Waals surface area contributed by atoms with Gasteiger partial charge < -0.3 is 10.1 Å². The number of ether oxygens (including phenoxy) is 1. The number of halogens is 1. The first-order valence-corrected chi connectivity index (χ1v) is 7.30. The van der Waals surface area contributed by atoms with Gasteiger partial charge in [-0.1, -0.05) is 15.9 Å². The maximum absolute atomic E-state index is 5.26. The molecule has 0 aliphatic carbocycles. The Labute approximate surface area is 119 Å². The molecule has 0 saturated heterocycles. The van der Waals surface area contributed by atoms with E-state index in [1.807, 2.05) is 30.9 Å². The third-order valence-electron chi connectivity index (χ3n) is 2.82. The fraction of sp³-hybridized carbons (Fsp3) is 0.308. The quantitative estimate of drug-likeness (QED) is 0.914. The first kappa shape index (κ1) is 13.5. The SMILES string of the molecule is CNC(Cc1cc(OC)ccc1Br)c1cncs1. The zero-order valence-electron chi connectivity index (χ0n) is 10.3. The summed E-state index contributed by atoms with van der Waals surface area (Å²) < 4.78 is 6.37. The number of aromatic nitrogens is 1. The lowest BCUT2D eigenvalue weighted by molar-refractivity contribution is 0.414. The van der Waals surface area contributed by atoms with Crippen LogP contribution in [0.1, 0.15) is 16.5 Å². The molecule has 0 radical (unpaired) electrons. The molecular formula is C13H15BrN2OS. The summed E-state index contributed by atoms with van der Waals surface area (Å²) in [6.07, 6.45) is 2.82. The van der Waals surface area contributed by atoms with E-state index in [1.165, 1.54) is 10.4 Å². The first-order valence-electron chi connectivity index (χ1n) is 5.62. The van der Waals surface area contributed by atoms with E-state index in [4.69, 9.17) is 4.74 Å². The summed E-state index contributed by atoms with van der Waals surface area (Å²) in [6, 6.07) is 6.32. The van der Waals surface area contributed by atoms with Crippen molar-refractivity contribution in [3.05, 3.63) is 44.8 Å². The fourth-order valence-corrected chi connectivity index (χ4v) is 2.94. The van der Waals surface area contributed by atoms with Crippen molar-refractivity contribution in [2.45, 2.75) is 12.5 Å². The van der Waals surface area contributed by atoms with Gasteiger partial charge in [0, 0.05) is 21.6 Å². The predicted octanol–water partition coefficient (Wildman–Crippen LogP) is 3.42. The van der Waals surface area contributed by atoms with Gasteiger partial charge in [0.15, 0.2) is 0 Å². The van der Waals surface area contributed by atoms with E-state index in [0.717, 1.165) is 16.6 Å². The van der Waals surface area contributed by atoms with Crippen LogP contribution >= 0.6 is 27.3 Å². The Balaban J connectivity index is 2.21. The molecule has 3 nitrogen and oxygen atoms in total. The number of rotatable bonds is 5. The van der Waals surface area contributed by atoms with Gasteiger partial charge in [0.25, 0.3) is 0 Å². The Morgan fingerprint density at radius 1 is 1.50 bits per heavy atom. The number of methoxy groups -OCH3 is 1. The van der Waals surface area contributed by atoms with Gasteiger partial charge >= 0.3 is 0 Å². The Hall–Kier alpha value is -0.910. The number of hydrogen-bond acceptors (Lipinski definition) is 4. The highest BCUT2D eigenvalue weighted by Crippen LogP contribution is 2.28. The second kappa shape index (κ2) is 6.31. The van der Waals surface area contributed by atoms with E-state index < -0.39 is 0 Å². The molecule has 0 aliphatic heterocycles. The molecular weight excluding hydrogens is 312 g/mol. The van der Waals surface area contributed by atoms with Crippen molar-refractivity contribution in [2.75, 3.05) is 14.2 Å². The van der Waals surface area contributed by atoms with Crippen LogP contribution < -0.4 is 10.1 Å². The van der Waals surface area contributed by atoms with Gasteiger partial charge in [0.1, 0.15) is 5.75 Å². The number of nitrogens with one attached hydrogen (secondary N) is 1. The summed E-state index contributed by atoms with van der Waals surface area (Å²) >= 11 is 5.26. The molecule has 1 atom stereocenters. The first-order chi connectivity index (χ1) is 8.74. The molecule has 0 spiro atoms. The van der Waals surface area contributed by atoms with Crippen molar-refractivity contribution < 1.29 is 4.74 Å². The molecule has 1 unspecified atom stereocenters. The van der Waals surface area contributed by atoms with Crippen molar-refractivity contribution in [1.82, 2.24) is 10.3 Å². The Bertz CT molecular complexity index is 502. The molecule has 0 amide bonds. The van der Waals surface area contributed by atoms with Crippen LogP contribution in [0.4, 0.5) is 0 Å². The molecule has 1 N–H and O–H groups in total. The summed E-state index contributed by atoms with van der Waals surface area (Å²) in [4.78, 5) is 5.37. The van der Waals surface area contributed by atoms with Gasteiger partial charge in [-0.15, -0.1) is 11.3 Å². The van der Waals surface area contributed by atoms with E-state index in [2.05, 4.69) is 32.3 Å². The van der Waals surface area contributed by atoms with Gasteiger partial charge in [-0.05, 0) is 37.2 Å². The third-order valence-corrected chi connectivity index (χ3v) is 4.48. The van der Waals surface area contributed by atoms with Crippen molar-refractivity contribution in [3.8, 4) is 5.75 Å². The maximum atomic E-state index is 5.26. The lowest BCUT2D eigenvalue weighted by Gasteiger charge is -2.15. The highest BCUT2D eigenvalue weighted by atomic mass is 79.9. The van der Waals surface area contributed by atoms with Gasteiger partial charge in [0.2, 0.25) is 0 Å². The van der Waals surface area contributed by atoms with Crippen LogP contribution in [-0.2, 0) is 6.42 Å². The second-order valence-electron chi connectivity index (χ2n) is 3.91. The van der Waals surface area contributed by atoms with E-state index >= 15 is 0 Å². The zero-order valence-corrected chi connectivity index (χ0v) is 12.7. The number of thiazole rings is 1.